The highest BCUT2D eigenvalue weighted by atomic mass is 32.1. The monoisotopic (exact) mass is 387 g/mol. The molecule has 0 saturated carbocycles. The fraction of sp³-hybridized carbons (Fsp3) is 0.400. The smallest absolute Gasteiger partial charge is 0.321 e. The normalized spacial score (nSPS) is 16.9. The van der Waals surface area contributed by atoms with E-state index in [4.69, 9.17) is 4.74 Å². The number of nitrogens with one attached hydrogen (secondary N) is 2. The topological polar surface area (TPSA) is 70.7 Å². The van der Waals surface area contributed by atoms with Crippen LogP contribution in [0.15, 0.2) is 41.8 Å². The number of hydrogen-bond acceptors (Lipinski definition) is 5. The Balaban J connectivity index is 1.49. The third-order valence-electron chi connectivity index (χ3n) is 4.54. The molecule has 1 unspecified atom stereocenters. The zero-order chi connectivity index (χ0) is 19.1. The van der Waals surface area contributed by atoms with Crippen molar-refractivity contribution in [1.29, 1.82) is 0 Å². The first-order chi connectivity index (χ1) is 13.2. The minimum absolute atomic E-state index is 0.195. The number of ether oxygens (including phenoxy) is 1. The number of hydrogen-bond donors (Lipinski definition) is 2. The van der Waals surface area contributed by atoms with Gasteiger partial charge in [-0.05, 0) is 55.5 Å². The molecule has 3 rings (SSSR count). The van der Waals surface area contributed by atoms with Gasteiger partial charge in [-0.15, -0.1) is 11.3 Å². The van der Waals surface area contributed by atoms with Crippen LogP contribution in [0.4, 0.5) is 4.79 Å². The molecule has 0 aliphatic carbocycles. The van der Waals surface area contributed by atoms with Crippen molar-refractivity contribution in [3.05, 3.63) is 52.2 Å². The summed E-state index contributed by atoms with van der Waals surface area (Å²) in [6.45, 7) is 4.09. The minimum Gasteiger partial charge on any atom is -0.494 e. The quantitative estimate of drug-likeness (QED) is 0.765. The van der Waals surface area contributed by atoms with Gasteiger partial charge in [-0.3, -0.25) is 15.0 Å². The molecule has 27 heavy (non-hydrogen) atoms. The fourth-order valence-electron chi connectivity index (χ4n) is 3.32. The summed E-state index contributed by atoms with van der Waals surface area (Å²) >= 11 is 1.57. The number of urea groups is 1. The van der Waals surface area contributed by atoms with Gasteiger partial charge >= 0.3 is 6.03 Å². The maximum Gasteiger partial charge on any atom is 0.321 e. The number of imide groups is 1. The average molecular weight is 388 g/mol. The molecule has 6 nitrogen and oxygen atoms in total. The summed E-state index contributed by atoms with van der Waals surface area (Å²) in [6, 6.07) is 11.7. The van der Waals surface area contributed by atoms with E-state index in [1.54, 1.807) is 11.3 Å². The maximum absolute atomic E-state index is 12.3. The molecule has 0 spiro atoms. The maximum atomic E-state index is 12.3. The summed E-state index contributed by atoms with van der Waals surface area (Å²) in [5.74, 6) is 0.572. The van der Waals surface area contributed by atoms with Crippen molar-refractivity contribution < 1.29 is 14.3 Å². The van der Waals surface area contributed by atoms with E-state index in [2.05, 4.69) is 27.7 Å². The SMILES string of the molecule is CCOc1ccc(C2CCCN2CC(=O)NC(=O)NCc2cccs2)cc1. The molecule has 2 N–H and O–H groups in total. The Bertz CT molecular complexity index is 746. The molecule has 1 aromatic carbocycles. The number of rotatable bonds is 7. The van der Waals surface area contributed by atoms with Crippen molar-refractivity contribution in [3.63, 3.8) is 0 Å². The molecule has 1 fully saturated rings. The van der Waals surface area contributed by atoms with Crippen molar-refractivity contribution in [2.45, 2.75) is 32.4 Å². The molecule has 1 aromatic heterocycles. The first-order valence-corrected chi connectivity index (χ1v) is 10.1. The molecule has 7 heteroatoms. The summed E-state index contributed by atoms with van der Waals surface area (Å²) < 4.78 is 5.49. The van der Waals surface area contributed by atoms with Crippen molar-refractivity contribution in [3.8, 4) is 5.75 Å². The van der Waals surface area contributed by atoms with Crippen molar-refractivity contribution >= 4 is 23.3 Å². The number of likely N-dealkylation sites (tertiary alicyclic amines) is 1. The molecule has 1 aliphatic heterocycles. The van der Waals surface area contributed by atoms with E-state index in [1.807, 2.05) is 36.6 Å². The van der Waals surface area contributed by atoms with E-state index in [9.17, 15) is 9.59 Å². The van der Waals surface area contributed by atoms with Gasteiger partial charge in [0.1, 0.15) is 5.75 Å². The van der Waals surface area contributed by atoms with E-state index in [-0.39, 0.29) is 18.5 Å². The van der Waals surface area contributed by atoms with E-state index in [0.29, 0.717) is 13.2 Å². The number of carbonyl (C=O) groups excluding carboxylic acids is 2. The molecule has 0 radical (unpaired) electrons. The number of carbonyl (C=O) groups is 2. The minimum atomic E-state index is -0.454. The highest BCUT2D eigenvalue weighted by molar-refractivity contribution is 7.09. The standard InChI is InChI=1S/C20H25N3O3S/c1-2-26-16-9-7-15(8-10-16)18-6-3-11-23(18)14-19(24)22-20(25)21-13-17-5-4-12-27-17/h4-5,7-10,12,18H,2-3,6,11,13-14H2,1H3,(H2,21,22,24,25). The van der Waals surface area contributed by atoms with E-state index in [1.165, 1.54) is 5.56 Å². The van der Waals surface area contributed by atoms with Crippen LogP contribution in [0.5, 0.6) is 5.75 Å². The van der Waals surface area contributed by atoms with Crippen LogP contribution < -0.4 is 15.4 Å². The summed E-state index contributed by atoms with van der Waals surface area (Å²) in [5.41, 5.74) is 1.17. The molecule has 1 aliphatic rings. The van der Waals surface area contributed by atoms with Crippen LogP contribution in [0.25, 0.3) is 0 Å². The van der Waals surface area contributed by atoms with E-state index in [0.717, 1.165) is 30.0 Å². The Labute approximate surface area is 163 Å². The third kappa shape index (κ3) is 5.55. The predicted molar refractivity (Wildman–Crippen MR) is 106 cm³/mol. The van der Waals surface area contributed by atoms with Gasteiger partial charge in [-0.1, -0.05) is 18.2 Å². The van der Waals surface area contributed by atoms with Crippen LogP contribution in [-0.4, -0.2) is 36.5 Å². The Hall–Kier alpha value is -2.38. The lowest BCUT2D eigenvalue weighted by molar-refractivity contribution is -0.121. The van der Waals surface area contributed by atoms with Crippen LogP contribution in [0.2, 0.25) is 0 Å². The fourth-order valence-corrected chi connectivity index (χ4v) is 3.97. The molecule has 1 atom stereocenters. The van der Waals surface area contributed by atoms with E-state index < -0.39 is 6.03 Å². The highest BCUT2D eigenvalue weighted by Gasteiger charge is 2.27. The first-order valence-electron chi connectivity index (χ1n) is 9.22. The van der Waals surface area contributed by atoms with Gasteiger partial charge in [0.25, 0.3) is 0 Å². The lowest BCUT2D eigenvalue weighted by atomic mass is 10.0. The van der Waals surface area contributed by atoms with Crippen LogP contribution in [0.1, 0.15) is 36.2 Å². The summed E-state index contributed by atoms with van der Waals surface area (Å²) in [5, 5.41) is 7.08. The van der Waals surface area contributed by atoms with Gasteiger partial charge in [0.2, 0.25) is 5.91 Å². The second-order valence-corrected chi connectivity index (χ2v) is 7.47. The lowest BCUT2D eigenvalue weighted by Crippen LogP contribution is -2.44. The molecule has 1 saturated heterocycles. The molecule has 2 heterocycles. The molecular weight excluding hydrogens is 362 g/mol. The number of thiophene rings is 1. The summed E-state index contributed by atoms with van der Waals surface area (Å²) in [4.78, 5) is 27.3. The predicted octanol–water partition coefficient (Wildman–Crippen LogP) is 3.31. The second kappa shape index (κ2) is 9.53. The van der Waals surface area contributed by atoms with Crippen molar-refractivity contribution in [1.82, 2.24) is 15.5 Å². The Morgan fingerprint density at radius 1 is 1.26 bits per heavy atom. The van der Waals surface area contributed by atoms with Crippen LogP contribution in [-0.2, 0) is 11.3 Å². The zero-order valence-electron chi connectivity index (χ0n) is 15.4. The second-order valence-electron chi connectivity index (χ2n) is 6.44. The van der Waals surface area contributed by atoms with Crippen LogP contribution in [0.3, 0.4) is 0 Å². The van der Waals surface area contributed by atoms with Crippen LogP contribution in [0, 0.1) is 0 Å². The summed E-state index contributed by atoms with van der Waals surface area (Å²) in [6.07, 6.45) is 2.04. The van der Waals surface area contributed by atoms with Gasteiger partial charge in [-0.2, -0.15) is 0 Å². The number of amides is 3. The van der Waals surface area contributed by atoms with Gasteiger partial charge in [0, 0.05) is 10.9 Å². The average Bonchev–Trinajstić information content (AvgIpc) is 3.33. The Morgan fingerprint density at radius 3 is 2.78 bits per heavy atom. The Kier molecular flexibility index (Phi) is 6.84. The van der Waals surface area contributed by atoms with E-state index >= 15 is 0 Å². The third-order valence-corrected chi connectivity index (χ3v) is 5.42. The summed E-state index contributed by atoms with van der Waals surface area (Å²) in [7, 11) is 0. The first kappa shape index (κ1) is 19.4. The zero-order valence-corrected chi connectivity index (χ0v) is 16.3. The molecule has 0 bridgehead atoms. The molecule has 2 aromatic rings. The molecule has 144 valence electrons. The van der Waals surface area contributed by atoms with Gasteiger partial charge in [-0.25, -0.2) is 4.79 Å². The largest absolute Gasteiger partial charge is 0.494 e. The van der Waals surface area contributed by atoms with Gasteiger partial charge in [0.05, 0.1) is 19.7 Å². The Morgan fingerprint density at radius 2 is 2.07 bits per heavy atom. The lowest BCUT2D eigenvalue weighted by Gasteiger charge is -2.24. The van der Waals surface area contributed by atoms with Crippen molar-refractivity contribution in [2.75, 3.05) is 19.7 Å². The van der Waals surface area contributed by atoms with Crippen LogP contribution >= 0.6 is 11.3 Å². The highest BCUT2D eigenvalue weighted by Crippen LogP contribution is 2.32. The van der Waals surface area contributed by atoms with Gasteiger partial charge in [0.15, 0.2) is 0 Å². The number of benzene rings is 1. The van der Waals surface area contributed by atoms with Gasteiger partial charge < -0.3 is 10.1 Å². The number of nitrogens with zero attached hydrogens (tertiary/aromatic N) is 1. The molecule has 3 amide bonds. The van der Waals surface area contributed by atoms with Crippen molar-refractivity contribution in [2.24, 2.45) is 0 Å². The molecular formula is C20H25N3O3S.